The van der Waals surface area contributed by atoms with Crippen molar-refractivity contribution < 1.29 is 9.94 Å². The lowest BCUT2D eigenvalue weighted by molar-refractivity contribution is 0.303. The molecule has 18 heavy (non-hydrogen) atoms. The van der Waals surface area contributed by atoms with Gasteiger partial charge in [0.15, 0.2) is 5.84 Å². The molecule has 0 radical (unpaired) electrons. The number of rotatable bonds is 7. The predicted octanol–water partition coefficient (Wildman–Crippen LogP) is 3.05. The van der Waals surface area contributed by atoms with E-state index >= 15 is 0 Å². The van der Waals surface area contributed by atoms with Gasteiger partial charge >= 0.3 is 0 Å². The molecule has 0 saturated carbocycles. The van der Waals surface area contributed by atoms with Gasteiger partial charge in [-0.05, 0) is 25.0 Å². The van der Waals surface area contributed by atoms with Crippen LogP contribution in [0.3, 0.4) is 0 Å². The van der Waals surface area contributed by atoms with Crippen molar-refractivity contribution in [2.45, 2.75) is 39.5 Å². The molecule has 3 N–H and O–H groups in total. The quantitative estimate of drug-likeness (QED) is 0.257. The second-order valence-electron chi connectivity index (χ2n) is 4.37. The monoisotopic (exact) mass is 250 g/mol. The second-order valence-corrected chi connectivity index (χ2v) is 4.37. The molecule has 1 aromatic rings. The topological polar surface area (TPSA) is 67.8 Å². The molecule has 0 bridgehead atoms. The first-order valence-corrected chi connectivity index (χ1v) is 6.40. The fourth-order valence-corrected chi connectivity index (χ4v) is 1.68. The molecule has 4 nitrogen and oxygen atoms in total. The molecule has 0 amide bonds. The van der Waals surface area contributed by atoms with Crippen molar-refractivity contribution in [3.8, 4) is 5.75 Å². The van der Waals surface area contributed by atoms with Gasteiger partial charge in [-0.1, -0.05) is 43.5 Å². The highest BCUT2D eigenvalue weighted by Gasteiger charge is 2.04. The number of amidine groups is 1. The molecule has 0 aliphatic rings. The van der Waals surface area contributed by atoms with Crippen LogP contribution in [-0.2, 0) is 0 Å². The first-order chi connectivity index (χ1) is 8.69. The average molecular weight is 250 g/mol. The molecule has 1 rings (SSSR count). The third kappa shape index (κ3) is 4.28. The van der Waals surface area contributed by atoms with Crippen LogP contribution in [-0.4, -0.2) is 17.6 Å². The van der Waals surface area contributed by atoms with Crippen molar-refractivity contribution in [3.05, 3.63) is 29.3 Å². The van der Waals surface area contributed by atoms with E-state index in [1.54, 1.807) is 0 Å². The van der Waals surface area contributed by atoms with Crippen LogP contribution in [0.1, 0.15) is 43.7 Å². The van der Waals surface area contributed by atoms with Gasteiger partial charge in [-0.2, -0.15) is 0 Å². The zero-order valence-corrected chi connectivity index (χ0v) is 11.1. The molecular weight excluding hydrogens is 228 g/mol. The molecule has 0 aromatic heterocycles. The molecule has 100 valence electrons. The van der Waals surface area contributed by atoms with E-state index in [1.807, 2.05) is 25.1 Å². The minimum atomic E-state index is 0.103. The maximum absolute atomic E-state index is 8.64. The number of nitrogens with zero attached hydrogens (tertiary/aromatic N) is 1. The Balaban J connectivity index is 2.59. The Morgan fingerprint density at radius 3 is 2.78 bits per heavy atom. The van der Waals surface area contributed by atoms with E-state index in [9.17, 15) is 0 Å². The Morgan fingerprint density at radius 1 is 1.33 bits per heavy atom. The lowest BCUT2D eigenvalue weighted by atomic mass is 10.1. The lowest BCUT2D eigenvalue weighted by Crippen LogP contribution is -2.13. The summed E-state index contributed by atoms with van der Waals surface area (Å²) in [5, 5.41) is 11.6. The number of unbranched alkanes of at least 4 members (excludes halogenated alkanes) is 3. The Bertz CT molecular complexity index is 403. The Labute approximate surface area is 108 Å². The van der Waals surface area contributed by atoms with Crippen molar-refractivity contribution in [1.29, 1.82) is 0 Å². The third-order valence-corrected chi connectivity index (χ3v) is 2.85. The van der Waals surface area contributed by atoms with Crippen molar-refractivity contribution >= 4 is 5.84 Å². The highest BCUT2D eigenvalue weighted by atomic mass is 16.5. The summed E-state index contributed by atoms with van der Waals surface area (Å²) in [4.78, 5) is 0. The standard InChI is InChI=1S/C14H22N2O2/c1-3-4-5-6-9-18-13-10-12(14(15)16-17)8-7-11(13)2/h7-8,10,17H,3-6,9H2,1-2H3,(H2,15,16). The highest BCUT2D eigenvalue weighted by molar-refractivity contribution is 5.97. The Morgan fingerprint density at radius 2 is 2.11 bits per heavy atom. The minimum Gasteiger partial charge on any atom is -0.493 e. The Hall–Kier alpha value is -1.71. The molecule has 0 heterocycles. The first kappa shape index (κ1) is 14.4. The minimum absolute atomic E-state index is 0.103. The third-order valence-electron chi connectivity index (χ3n) is 2.85. The molecule has 0 unspecified atom stereocenters. The van der Waals surface area contributed by atoms with Gasteiger partial charge in [0.05, 0.1) is 6.61 Å². The summed E-state index contributed by atoms with van der Waals surface area (Å²) in [6, 6.07) is 5.54. The number of hydrogen-bond acceptors (Lipinski definition) is 3. The van der Waals surface area contributed by atoms with Gasteiger partial charge in [0, 0.05) is 5.56 Å². The second kappa shape index (κ2) is 7.58. The summed E-state index contributed by atoms with van der Waals surface area (Å²) in [6.45, 7) is 4.88. The van der Waals surface area contributed by atoms with E-state index in [1.165, 1.54) is 19.3 Å². The summed E-state index contributed by atoms with van der Waals surface area (Å²) in [7, 11) is 0. The number of aryl methyl sites for hydroxylation is 1. The van der Waals surface area contributed by atoms with Crippen LogP contribution >= 0.6 is 0 Å². The molecule has 0 aliphatic heterocycles. The molecular formula is C14H22N2O2. The number of ether oxygens (including phenoxy) is 1. The van der Waals surface area contributed by atoms with Gasteiger partial charge in [0.2, 0.25) is 0 Å². The van der Waals surface area contributed by atoms with Crippen LogP contribution in [0.4, 0.5) is 0 Å². The van der Waals surface area contributed by atoms with E-state index in [0.717, 1.165) is 17.7 Å². The van der Waals surface area contributed by atoms with Gasteiger partial charge in [0.25, 0.3) is 0 Å². The van der Waals surface area contributed by atoms with Crippen LogP contribution in [0.15, 0.2) is 23.4 Å². The molecule has 4 heteroatoms. The fraction of sp³-hybridized carbons (Fsp3) is 0.500. The summed E-state index contributed by atoms with van der Waals surface area (Å²) in [5.41, 5.74) is 7.28. The van der Waals surface area contributed by atoms with E-state index < -0.39 is 0 Å². The smallest absolute Gasteiger partial charge is 0.170 e. The summed E-state index contributed by atoms with van der Waals surface area (Å²) in [6.07, 6.45) is 4.71. The van der Waals surface area contributed by atoms with Gasteiger partial charge < -0.3 is 15.7 Å². The van der Waals surface area contributed by atoms with Gasteiger partial charge in [-0.15, -0.1) is 0 Å². The number of hydrogen-bond donors (Lipinski definition) is 2. The van der Waals surface area contributed by atoms with Crippen molar-refractivity contribution in [2.24, 2.45) is 10.9 Å². The zero-order chi connectivity index (χ0) is 13.4. The Kier molecular flexibility index (Phi) is 6.05. The highest BCUT2D eigenvalue weighted by Crippen LogP contribution is 2.20. The van der Waals surface area contributed by atoms with E-state index in [-0.39, 0.29) is 5.84 Å². The maximum Gasteiger partial charge on any atom is 0.170 e. The number of oxime groups is 1. The first-order valence-electron chi connectivity index (χ1n) is 6.40. The number of nitrogens with two attached hydrogens (primary N) is 1. The molecule has 0 spiro atoms. The molecule has 0 aliphatic carbocycles. The van der Waals surface area contributed by atoms with E-state index in [0.29, 0.717) is 12.2 Å². The molecule has 0 atom stereocenters. The summed E-state index contributed by atoms with van der Waals surface area (Å²) >= 11 is 0. The molecule has 1 aromatic carbocycles. The maximum atomic E-state index is 8.64. The van der Waals surface area contributed by atoms with E-state index in [4.69, 9.17) is 15.7 Å². The normalized spacial score (nSPS) is 11.6. The zero-order valence-electron chi connectivity index (χ0n) is 11.1. The van der Waals surface area contributed by atoms with Gasteiger partial charge in [0.1, 0.15) is 5.75 Å². The summed E-state index contributed by atoms with van der Waals surface area (Å²) < 4.78 is 5.73. The molecule has 0 saturated heterocycles. The van der Waals surface area contributed by atoms with Crippen LogP contribution in [0.2, 0.25) is 0 Å². The number of benzene rings is 1. The summed E-state index contributed by atoms with van der Waals surface area (Å²) in [5.74, 6) is 0.904. The van der Waals surface area contributed by atoms with Gasteiger partial charge in [-0.3, -0.25) is 0 Å². The lowest BCUT2D eigenvalue weighted by Gasteiger charge is -2.10. The van der Waals surface area contributed by atoms with Gasteiger partial charge in [-0.25, -0.2) is 0 Å². The fourth-order valence-electron chi connectivity index (χ4n) is 1.68. The van der Waals surface area contributed by atoms with E-state index in [2.05, 4.69) is 12.1 Å². The van der Waals surface area contributed by atoms with Crippen molar-refractivity contribution in [2.75, 3.05) is 6.61 Å². The average Bonchev–Trinajstić information content (AvgIpc) is 2.39. The van der Waals surface area contributed by atoms with Crippen LogP contribution in [0, 0.1) is 6.92 Å². The van der Waals surface area contributed by atoms with Crippen LogP contribution < -0.4 is 10.5 Å². The van der Waals surface area contributed by atoms with Crippen LogP contribution in [0.25, 0.3) is 0 Å². The van der Waals surface area contributed by atoms with Crippen LogP contribution in [0.5, 0.6) is 5.75 Å². The predicted molar refractivity (Wildman–Crippen MR) is 73.3 cm³/mol. The largest absolute Gasteiger partial charge is 0.493 e. The SMILES string of the molecule is CCCCCCOc1cc(/C(N)=N/O)ccc1C. The molecule has 0 fully saturated rings. The van der Waals surface area contributed by atoms with Crippen molar-refractivity contribution in [1.82, 2.24) is 0 Å². The van der Waals surface area contributed by atoms with Crippen molar-refractivity contribution in [3.63, 3.8) is 0 Å².